The van der Waals surface area contributed by atoms with E-state index in [1.165, 1.54) is 41.5 Å². The number of rotatable bonds is 6. The molecule has 0 N–H and O–H groups in total. The maximum atomic E-state index is 9.98. The topological polar surface area (TPSA) is 102 Å². The van der Waals surface area contributed by atoms with Gasteiger partial charge in [-0.1, -0.05) is 0 Å². The van der Waals surface area contributed by atoms with Gasteiger partial charge in [-0.2, -0.15) is 0 Å². The average molecular weight is 476 g/mol. The summed E-state index contributed by atoms with van der Waals surface area (Å²) >= 11 is 0. The first-order valence-electron chi connectivity index (χ1n) is 5.96. The molecule has 0 saturated heterocycles. The summed E-state index contributed by atoms with van der Waals surface area (Å²) in [7, 11) is 0. The van der Waals surface area contributed by atoms with Gasteiger partial charge in [0.05, 0.1) is 0 Å². The standard InChI is InChI=1S/3C5H7O2.Hf/c3*1-4(6)3-5(2)7;/h3*3H,1-2H3;/q3*-1;. The third-order valence-electron chi connectivity index (χ3n) is 1.22. The minimum absolute atomic E-state index is 0. The molecule has 0 rings (SSSR count). The Labute approximate surface area is 150 Å². The molecule has 0 radical (unpaired) electrons. The Morgan fingerprint density at radius 2 is 0.500 bits per heavy atom. The molecule has 0 amide bonds. The fourth-order valence-corrected chi connectivity index (χ4v) is 0.859. The fraction of sp³-hybridized carbons (Fsp3) is 0.400. The molecule has 0 aromatic carbocycles. The van der Waals surface area contributed by atoms with Gasteiger partial charge in [-0.25, -0.2) is 0 Å². The van der Waals surface area contributed by atoms with Crippen LogP contribution in [0.2, 0.25) is 0 Å². The zero-order valence-electron chi connectivity index (χ0n) is 13.7. The van der Waals surface area contributed by atoms with Crippen molar-refractivity contribution in [3.63, 3.8) is 0 Å². The van der Waals surface area contributed by atoms with Crippen LogP contribution in [0.3, 0.4) is 0 Å². The molecular formula is C15H21HfO6-3. The van der Waals surface area contributed by atoms with E-state index in [0.717, 1.165) is 19.3 Å². The molecule has 0 aliphatic carbocycles. The summed E-state index contributed by atoms with van der Waals surface area (Å²) in [6, 6.07) is 0. The van der Waals surface area contributed by atoms with Crippen molar-refractivity contribution < 1.29 is 54.6 Å². The Morgan fingerprint density at radius 3 is 0.500 bits per heavy atom. The van der Waals surface area contributed by atoms with Crippen LogP contribution in [0, 0.1) is 19.3 Å². The first kappa shape index (κ1) is 28.6. The molecule has 22 heavy (non-hydrogen) atoms. The zero-order chi connectivity index (χ0) is 17.6. The second-order valence-corrected chi connectivity index (χ2v) is 4.10. The summed E-state index contributed by atoms with van der Waals surface area (Å²) in [5, 5.41) is 0. The molecule has 0 fully saturated rings. The molecule has 0 aromatic heterocycles. The fourth-order valence-electron chi connectivity index (χ4n) is 0.859. The van der Waals surface area contributed by atoms with Crippen LogP contribution in [-0.4, -0.2) is 34.7 Å². The Hall–Kier alpha value is -1.50. The Bertz CT molecular complexity index is 314. The van der Waals surface area contributed by atoms with E-state index in [4.69, 9.17) is 0 Å². The molecule has 0 spiro atoms. The second-order valence-electron chi connectivity index (χ2n) is 4.10. The van der Waals surface area contributed by atoms with Crippen molar-refractivity contribution in [3.8, 4) is 0 Å². The van der Waals surface area contributed by atoms with E-state index < -0.39 is 0 Å². The van der Waals surface area contributed by atoms with Crippen molar-refractivity contribution >= 4 is 34.7 Å². The van der Waals surface area contributed by atoms with Gasteiger partial charge in [-0.3, -0.25) is 19.3 Å². The van der Waals surface area contributed by atoms with E-state index in [9.17, 15) is 28.8 Å². The number of ketones is 6. The van der Waals surface area contributed by atoms with Crippen LogP contribution in [0.5, 0.6) is 0 Å². The van der Waals surface area contributed by atoms with Crippen molar-refractivity contribution in [2.45, 2.75) is 41.5 Å². The number of carbonyl (C=O) groups is 6. The van der Waals surface area contributed by atoms with Gasteiger partial charge < -0.3 is 28.8 Å². The second kappa shape index (κ2) is 17.6. The molecule has 7 heteroatoms. The van der Waals surface area contributed by atoms with Crippen molar-refractivity contribution in [1.29, 1.82) is 0 Å². The summed E-state index contributed by atoms with van der Waals surface area (Å²) in [5.74, 6) is -1.12. The minimum Gasteiger partial charge on any atom is -0.334 e. The zero-order valence-corrected chi connectivity index (χ0v) is 17.3. The van der Waals surface area contributed by atoms with Gasteiger partial charge >= 0.3 is 0 Å². The SMILES string of the molecule is CC(=O)[CH-]C(C)=O.CC(=O)[CH-]C(C)=O.CC(=O)[CH-]C(C)=O.[Hf]. The van der Waals surface area contributed by atoms with E-state index in [2.05, 4.69) is 0 Å². The summed E-state index contributed by atoms with van der Waals surface area (Å²) in [6.07, 6.45) is 3.17. The molecule has 0 bridgehead atoms. The van der Waals surface area contributed by atoms with Crippen molar-refractivity contribution in [3.05, 3.63) is 19.3 Å². The third-order valence-corrected chi connectivity index (χ3v) is 1.22. The van der Waals surface area contributed by atoms with Gasteiger partial charge in [0.25, 0.3) is 0 Å². The smallest absolute Gasteiger partial charge is 0.00219 e. The van der Waals surface area contributed by atoms with Crippen LogP contribution in [0.1, 0.15) is 41.5 Å². The molecule has 0 unspecified atom stereocenters. The van der Waals surface area contributed by atoms with Crippen LogP contribution < -0.4 is 0 Å². The van der Waals surface area contributed by atoms with Gasteiger partial charge in [-0.05, 0) is 41.5 Å². The van der Waals surface area contributed by atoms with Crippen LogP contribution >= 0.6 is 0 Å². The molecule has 0 saturated carbocycles. The number of Topliss-reactive ketones (excluding diaryl/α,β-unsaturated/α-hetero) is 6. The molecule has 124 valence electrons. The van der Waals surface area contributed by atoms with Gasteiger partial charge in [-0.15, -0.1) is 0 Å². The number of hydrogen-bond donors (Lipinski definition) is 0. The monoisotopic (exact) mass is 477 g/mol. The van der Waals surface area contributed by atoms with Crippen molar-refractivity contribution in [2.75, 3.05) is 0 Å². The quantitative estimate of drug-likeness (QED) is 0.324. The molecule has 6 nitrogen and oxygen atoms in total. The predicted octanol–water partition coefficient (Wildman–Crippen LogP) is 1.10. The van der Waals surface area contributed by atoms with E-state index >= 15 is 0 Å². The van der Waals surface area contributed by atoms with Crippen LogP contribution in [-0.2, 0) is 54.6 Å². The number of hydrogen-bond acceptors (Lipinski definition) is 6. The summed E-state index contributed by atoms with van der Waals surface area (Å²) in [5.41, 5.74) is 0. The molecule has 0 heterocycles. The number of carbonyl (C=O) groups excluding carboxylic acids is 6. The Morgan fingerprint density at radius 1 is 0.409 bits per heavy atom. The summed E-state index contributed by atoms with van der Waals surface area (Å²) in [6.45, 7) is 8.09. The Balaban J connectivity index is -0.000000108. The van der Waals surface area contributed by atoms with Gasteiger partial charge in [0.15, 0.2) is 0 Å². The van der Waals surface area contributed by atoms with Crippen molar-refractivity contribution in [2.24, 2.45) is 0 Å². The average Bonchev–Trinajstić information content (AvgIpc) is 2.10. The molecule has 0 atom stereocenters. The van der Waals surface area contributed by atoms with E-state index in [0.29, 0.717) is 0 Å². The third kappa shape index (κ3) is 51.4. The molecule has 0 aliphatic rings. The van der Waals surface area contributed by atoms with Crippen LogP contribution in [0.25, 0.3) is 0 Å². The largest absolute Gasteiger partial charge is 0.334 e. The molecule has 0 aliphatic heterocycles. The normalized spacial score (nSPS) is 7.36. The first-order chi connectivity index (χ1) is 9.38. The van der Waals surface area contributed by atoms with Gasteiger partial charge in [0, 0.05) is 60.5 Å². The minimum atomic E-state index is -0.187. The maximum absolute atomic E-state index is 9.98. The van der Waals surface area contributed by atoms with Crippen LogP contribution in [0.4, 0.5) is 0 Å². The summed E-state index contributed by atoms with van der Waals surface area (Å²) in [4.78, 5) is 59.9. The maximum Gasteiger partial charge on any atom is 0.00219 e. The molecule has 0 aromatic rings. The van der Waals surface area contributed by atoms with Gasteiger partial charge in [0.1, 0.15) is 0 Å². The molecular weight excluding hydrogens is 455 g/mol. The van der Waals surface area contributed by atoms with Crippen molar-refractivity contribution in [1.82, 2.24) is 0 Å². The van der Waals surface area contributed by atoms with Gasteiger partial charge in [0.2, 0.25) is 0 Å². The first-order valence-corrected chi connectivity index (χ1v) is 5.96. The van der Waals surface area contributed by atoms with E-state index in [1.807, 2.05) is 0 Å². The van der Waals surface area contributed by atoms with E-state index in [-0.39, 0.29) is 60.5 Å². The van der Waals surface area contributed by atoms with E-state index in [1.54, 1.807) is 0 Å². The predicted molar refractivity (Wildman–Crippen MR) is 77.0 cm³/mol. The summed E-state index contributed by atoms with van der Waals surface area (Å²) < 4.78 is 0. The Kier molecular flexibility index (Phi) is 22.8. The van der Waals surface area contributed by atoms with Crippen LogP contribution in [0.15, 0.2) is 0 Å².